The van der Waals surface area contributed by atoms with E-state index in [9.17, 15) is 4.79 Å². The van der Waals surface area contributed by atoms with Crippen LogP contribution < -0.4 is 0 Å². The van der Waals surface area contributed by atoms with Crippen molar-refractivity contribution in [2.24, 2.45) is 0 Å². The van der Waals surface area contributed by atoms with E-state index in [-0.39, 0.29) is 5.92 Å². The number of carboxylic acids is 1. The molecule has 3 nitrogen and oxygen atoms in total. The van der Waals surface area contributed by atoms with E-state index in [1.165, 1.54) is 16.9 Å². The highest BCUT2D eigenvalue weighted by Crippen LogP contribution is 2.39. The Balaban J connectivity index is 2.07. The fourth-order valence-corrected chi connectivity index (χ4v) is 3.28. The van der Waals surface area contributed by atoms with Crippen molar-refractivity contribution in [3.8, 4) is 0 Å². The van der Waals surface area contributed by atoms with Crippen molar-refractivity contribution in [3.05, 3.63) is 51.5 Å². The summed E-state index contributed by atoms with van der Waals surface area (Å²) in [5, 5.41) is 11.0. The van der Waals surface area contributed by atoms with Gasteiger partial charge in [-0.15, -0.1) is 11.3 Å². The predicted octanol–water partition coefficient (Wildman–Crippen LogP) is 2.92. The lowest BCUT2D eigenvalue weighted by atomic mass is 9.97. The lowest BCUT2D eigenvalue weighted by Gasteiger charge is -2.09. The standard InChI is InChI=1S/C13H11NO2S/c15-13(16)12-10(5-7-17-12)9-4-3-8-2-1-6-14-11(8)9/h1-2,5-7,9H,3-4H2,(H,15,16). The number of nitrogens with zero attached hydrogens (tertiary/aromatic N) is 1. The van der Waals surface area contributed by atoms with Crippen molar-refractivity contribution in [2.75, 3.05) is 0 Å². The molecule has 0 fully saturated rings. The first kappa shape index (κ1) is 10.5. The van der Waals surface area contributed by atoms with Crippen LogP contribution >= 0.6 is 11.3 Å². The number of thiophene rings is 1. The number of pyridine rings is 1. The van der Waals surface area contributed by atoms with Crippen LogP contribution in [0.15, 0.2) is 29.8 Å². The van der Waals surface area contributed by atoms with Crippen LogP contribution in [0.25, 0.3) is 0 Å². The molecular weight excluding hydrogens is 234 g/mol. The Labute approximate surface area is 103 Å². The molecule has 2 aromatic heterocycles. The molecule has 1 atom stereocenters. The molecule has 86 valence electrons. The third-order valence-electron chi connectivity index (χ3n) is 3.22. The van der Waals surface area contributed by atoms with Gasteiger partial charge in [-0.05, 0) is 41.5 Å². The van der Waals surface area contributed by atoms with Gasteiger partial charge in [0.05, 0.1) is 5.69 Å². The summed E-state index contributed by atoms with van der Waals surface area (Å²) in [6, 6.07) is 5.94. The summed E-state index contributed by atoms with van der Waals surface area (Å²) in [6.45, 7) is 0. The van der Waals surface area contributed by atoms with Crippen LogP contribution in [0.1, 0.15) is 38.8 Å². The van der Waals surface area contributed by atoms with Gasteiger partial charge in [0.15, 0.2) is 0 Å². The van der Waals surface area contributed by atoms with E-state index in [1.807, 2.05) is 17.5 Å². The van der Waals surface area contributed by atoms with Gasteiger partial charge in [-0.25, -0.2) is 4.79 Å². The van der Waals surface area contributed by atoms with Crippen LogP contribution in [-0.4, -0.2) is 16.1 Å². The van der Waals surface area contributed by atoms with E-state index in [4.69, 9.17) is 5.11 Å². The smallest absolute Gasteiger partial charge is 0.346 e. The van der Waals surface area contributed by atoms with Crippen molar-refractivity contribution in [1.29, 1.82) is 0 Å². The summed E-state index contributed by atoms with van der Waals surface area (Å²) in [5.41, 5.74) is 3.22. The van der Waals surface area contributed by atoms with Crippen LogP contribution in [0.3, 0.4) is 0 Å². The number of rotatable bonds is 2. The van der Waals surface area contributed by atoms with Crippen LogP contribution in [-0.2, 0) is 6.42 Å². The fourth-order valence-electron chi connectivity index (χ4n) is 2.48. The molecule has 0 aromatic carbocycles. The van der Waals surface area contributed by atoms with Gasteiger partial charge in [0.1, 0.15) is 4.88 Å². The number of aryl methyl sites for hydroxylation is 1. The van der Waals surface area contributed by atoms with Gasteiger partial charge in [-0.3, -0.25) is 4.98 Å². The van der Waals surface area contributed by atoms with E-state index >= 15 is 0 Å². The number of carboxylic acid groups (broad SMARTS) is 1. The molecule has 0 radical (unpaired) electrons. The monoisotopic (exact) mass is 245 g/mol. The highest BCUT2D eigenvalue weighted by Gasteiger charge is 2.29. The number of hydrogen-bond donors (Lipinski definition) is 1. The molecule has 0 amide bonds. The summed E-state index contributed by atoms with van der Waals surface area (Å²) >= 11 is 1.29. The maximum Gasteiger partial charge on any atom is 0.346 e. The Kier molecular flexibility index (Phi) is 2.44. The molecule has 2 aromatic rings. The second-order valence-electron chi connectivity index (χ2n) is 4.15. The van der Waals surface area contributed by atoms with Crippen LogP contribution in [0.2, 0.25) is 0 Å². The molecule has 0 spiro atoms. The normalized spacial score (nSPS) is 18.0. The average molecular weight is 245 g/mol. The van der Waals surface area contributed by atoms with E-state index < -0.39 is 5.97 Å². The Morgan fingerprint density at radius 2 is 2.35 bits per heavy atom. The van der Waals surface area contributed by atoms with E-state index in [0.717, 1.165) is 24.1 Å². The van der Waals surface area contributed by atoms with Gasteiger partial charge >= 0.3 is 5.97 Å². The van der Waals surface area contributed by atoms with Crippen molar-refractivity contribution < 1.29 is 9.90 Å². The minimum Gasteiger partial charge on any atom is -0.477 e. The van der Waals surface area contributed by atoms with Gasteiger partial charge in [0.25, 0.3) is 0 Å². The zero-order valence-corrected chi connectivity index (χ0v) is 9.91. The molecule has 1 N–H and O–H groups in total. The zero-order valence-electron chi connectivity index (χ0n) is 9.09. The summed E-state index contributed by atoms with van der Waals surface area (Å²) in [7, 11) is 0. The molecule has 17 heavy (non-hydrogen) atoms. The molecule has 4 heteroatoms. The van der Waals surface area contributed by atoms with Crippen LogP contribution in [0.4, 0.5) is 0 Å². The molecule has 0 bridgehead atoms. The predicted molar refractivity (Wildman–Crippen MR) is 65.7 cm³/mol. The lowest BCUT2D eigenvalue weighted by Crippen LogP contribution is -2.04. The van der Waals surface area contributed by atoms with Gasteiger partial charge < -0.3 is 5.11 Å². The Hall–Kier alpha value is -1.68. The van der Waals surface area contributed by atoms with Gasteiger partial charge in [0, 0.05) is 12.1 Å². The second kappa shape index (κ2) is 3.96. The quantitative estimate of drug-likeness (QED) is 0.885. The number of aromatic nitrogens is 1. The lowest BCUT2D eigenvalue weighted by molar-refractivity contribution is 0.0701. The highest BCUT2D eigenvalue weighted by atomic mass is 32.1. The topological polar surface area (TPSA) is 50.2 Å². The summed E-state index contributed by atoms with van der Waals surface area (Å²) < 4.78 is 0. The minimum atomic E-state index is -0.834. The second-order valence-corrected chi connectivity index (χ2v) is 5.07. The van der Waals surface area contributed by atoms with E-state index in [1.54, 1.807) is 6.20 Å². The maximum atomic E-state index is 11.1. The van der Waals surface area contributed by atoms with E-state index in [0.29, 0.717) is 4.88 Å². The Bertz CT molecular complexity index is 576. The number of hydrogen-bond acceptors (Lipinski definition) is 3. The van der Waals surface area contributed by atoms with Crippen molar-refractivity contribution in [3.63, 3.8) is 0 Å². The molecule has 0 aliphatic heterocycles. The van der Waals surface area contributed by atoms with Gasteiger partial charge in [-0.1, -0.05) is 6.07 Å². The molecule has 1 aliphatic carbocycles. The maximum absolute atomic E-state index is 11.1. The Morgan fingerprint density at radius 3 is 3.18 bits per heavy atom. The van der Waals surface area contributed by atoms with Gasteiger partial charge in [-0.2, -0.15) is 0 Å². The molecule has 1 unspecified atom stereocenters. The van der Waals surface area contributed by atoms with Crippen LogP contribution in [0, 0.1) is 0 Å². The molecule has 2 heterocycles. The Morgan fingerprint density at radius 1 is 1.47 bits per heavy atom. The minimum absolute atomic E-state index is 0.156. The number of fused-ring (bicyclic) bond motifs is 1. The SMILES string of the molecule is O=C(O)c1sccc1C1CCc2cccnc21. The fraction of sp³-hybridized carbons (Fsp3) is 0.231. The number of carbonyl (C=O) groups is 1. The summed E-state index contributed by atoms with van der Waals surface area (Å²) in [5.74, 6) is -0.678. The summed E-state index contributed by atoms with van der Waals surface area (Å²) in [4.78, 5) is 16.0. The number of aromatic carboxylic acids is 1. The van der Waals surface area contributed by atoms with E-state index in [2.05, 4.69) is 11.1 Å². The first-order valence-corrected chi connectivity index (χ1v) is 6.40. The van der Waals surface area contributed by atoms with Crippen molar-refractivity contribution in [1.82, 2.24) is 4.98 Å². The molecule has 3 rings (SSSR count). The third kappa shape index (κ3) is 1.65. The first-order valence-electron chi connectivity index (χ1n) is 5.52. The average Bonchev–Trinajstić information content (AvgIpc) is 2.94. The summed E-state index contributed by atoms with van der Waals surface area (Å²) in [6.07, 6.45) is 3.73. The zero-order chi connectivity index (χ0) is 11.8. The molecular formula is C13H11NO2S. The first-order chi connectivity index (χ1) is 8.27. The molecule has 1 aliphatic rings. The largest absolute Gasteiger partial charge is 0.477 e. The third-order valence-corrected chi connectivity index (χ3v) is 4.14. The van der Waals surface area contributed by atoms with Crippen molar-refractivity contribution >= 4 is 17.3 Å². The van der Waals surface area contributed by atoms with Crippen LogP contribution in [0.5, 0.6) is 0 Å². The molecule has 0 saturated carbocycles. The van der Waals surface area contributed by atoms with Gasteiger partial charge in [0.2, 0.25) is 0 Å². The molecule has 0 saturated heterocycles. The van der Waals surface area contributed by atoms with Crippen molar-refractivity contribution in [2.45, 2.75) is 18.8 Å². The highest BCUT2D eigenvalue weighted by molar-refractivity contribution is 7.12.